The zero-order chi connectivity index (χ0) is 33.1. The number of piperidine rings is 2. The standard InChI is InChI=1S/C18H26N4O2.C16H22N4O2/c1-5-24-18(23)14-11-19-22-16(15(14)12(2)3)20-13(4)17(22)21-9-7-6-8-10-21;1-10(2)13-12(16(21)22)9-17-20-14(13)18-11(3)15(20)19-7-5-4-6-8-19/h11-12H,5-10H2,1-4H3;9-10H,4-8H2,1-3H3,(H,21,22). The molecule has 0 radical (unpaired) electrons. The summed E-state index contributed by atoms with van der Waals surface area (Å²) in [5, 5.41) is 18.3. The summed E-state index contributed by atoms with van der Waals surface area (Å²) in [5.74, 6) is 1.03. The molecule has 0 unspecified atom stereocenters. The molecule has 2 saturated heterocycles. The van der Waals surface area contributed by atoms with Crippen molar-refractivity contribution in [2.75, 3.05) is 42.6 Å². The number of ether oxygens (including phenoxy) is 1. The number of esters is 1. The molecule has 4 aromatic rings. The number of carbonyl (C=O) groups excluding carboxylic acids is 1. The Morgan fingerprint density at radius 1 is 0.739 bits per heavy atom. The predicted octanol–water partition coefficient (Wildman–Crippen LogP) is 6.18. The largest absolute Gasteiger partial charge is 0.478 e. The van der Waals surface area contributed by atoms with Gasteiger partial charge >= 0.3 is 11.9 Å². The van der Waals surface area contributed by atoms with E-state index in [2.05, 4.69) is 38.8 Å². The second-order valence-corrected chi connectivity index (χ2v) is 12.9. The van der Waals surface area contributed by atoms with E-state index in [9.17, 15) is 14.7 Å². The number of hydrogen-bond acceptors (Lipinski definition) is 9. The third kappa shape index (κ3) is 6.39. The first kappa shape index (κ1) is 33.2. The lowest BCUT2D eigenvalue weighted by atomic mass is 10.00. The molecule has 12 heteroatoms. The summed E-state index contributed by atoms with van der Waals surface area (Å²) in [5.41, 5.74) is 5.77. The van der Waals surface area contributed by atoms with Gasteiger partial charge in [0.25, 0.3) is 0 Å². The lowest BCUT2D eigenvalue weighted by molar-refractivity contribution is 0.0523. The second kappa shape index (κ2) is 14.0. The first-order valence-electron chi connectivity index (χ1n) is 16.7. The Hall–Kier alpha value is -4.22. The summed E-state index contributed by atoms with van der Waals surface area (Å²) in [4.78, 5) is 37.9. The maximum Gasteiger partial charge on any atom is 0.340 e. The topological polar surface area (TPSA) is 130 Å². The number of anilines is 2. The van der Waals surface area contributed by atoms with E-state index >= 15 is 0 Å². The van der Waals surface area contributed by atoms with Crippen molar-refractivity contribution < 1.29 is 19.4 Å². The molecule has 2 aliphatic rings. The number of imidazole rings is 2. The van der Waals surface area contributed by atoms with Gasteiger partial charge in [0, 0.05) is 37.3 Å². The van der Waals surface area contributed by atoms with Gasteiger partial charge in [-0.2, -0.15) is 19.2 Å². The van der Waals surface area contributed by atoms with Crippen molar-refractivity contribution in [2.24, 2.45) is 0 Å². The number of carboxylic acid groups (broad SMARTS) is 1. The third-order valence-corrected chi connectivity index (χ3v) is 8.86. The Morgan fingerprint density at radius 2 is 1.15 bits per heavy atom. The van der Waals surface area contributed by atoms with Crippen molar-refractivity contribution in [2.45, 2.75) is 98.8 Å². The van der Waals surface area contributed by atoms with E-state index in [1.165, 1.54) is 44.7 Å². The molecule has 2 aliphatic heterocycles. The van der Waals surface area contributed by atoms with Crippen LogP contribution < -0.4 is 9.80 Å². The first-order valence-corrected chi connectivity index (χ1v) is 16.7. The zero-order valence-corrected chi connectivity index (χ0v) is 28.3. The fourth-order valence-corrected chi connectivity index (χ4v) is 6.82. The second-order valence-electron chi connectivity index (χ2n) is 12.9. The van der Waals surface area contributed by atoms with Gasteiger partial charge in [-0.15, -0.1) is 0 Å². The van der Waals surface area contributed by atoms with Gasteiger partial charge in [0.05, 0.1) is 41.5 Å². The highest BCUT2D eigenvalue weighted by Crippen LogP contribution is 2.32. The molecule has 0 aliphatic carbocycles. The highest BCUT2D eigenvalue weighted by Gasteiger charge is 2.27. The van der Waals surface area contributed by atoms with Crippen LogP contribution >= 0.6 is 0 Å². The SMILES string of the molecule is CCOC(=O)c1cnn2c(N3CCCCC3)c(C)nc2c1C(C)C.Cc1nc2c(C(C)C)c(C(=O)O)cnn2c1N1CCCCC1. The van der Waals surface area contributed by atoms with Gasteiger partial charge < -0.3 is 19.6 Å². The van der Waals surface area contributed by atoms with Crippen LogP contribution in [0.1, 0.15) is 128 Å². The lowest BCUT2D eigenvalue weighted by Gasteiger charge is -2.28. The summed E-state index contributed by atoms with van der Waals surface area (Å²) in [6, 6.07) is 0. The fraction of sp³-hybridized carbons (Fsp3) is 0.588. The van der Waals surface area contributed by atoms with Crippen LogP contribution in [-0.2, 0) is 4.74 Å². The molecule has 46 heavy (non-hydrogen) atoms. The molecule has 0 atom stereocenters. The molecule has 2 fully saturated rings. The molecule has 0 aromatic carbocycles. The van der Waals surface area contributed by atoms with E-state index in [0.717, 1.165) is 66.0 Å². The van der Waals surface area contributed by atoms with E-state index in [0.29, 0.717) is 17.8 Å². The van der Waals surface area contributed by atoms with Crippen molar-refractivity contribution in [3.8, 4) is 0 Å². The minimum absolute atomic E-state index is 0.0765. The Bertz CT molecular complexity index is 1710. The van der Waals surface area contributed by atoms with Crippen LogP contribution in [0.25, 0.3) is 11.3 Å². The van der Waals surface area contributed by atoms with Crippen molar-refractivity contribution >= 4 is 34.9 Å². The minimum atomic E-state index is -0.945. The molecule has 6 heterocycles. The molecular formula is C34H48N8O4. The Kier molecular flexibility index (Phi) is 10.1. The molecule has 0 bridgehead atoms. The Morgan fingerprint density at radius 3 is 1.54 bits per heavy atom. The van der Waals surface area contributed by atoms with Crippen LogP contribution in [0.3, 0.4) is 0 Å². The van der Waals surface area contributed by atoms with Crippen molar-refractivity contribution in [1.29, 1.82) is 0 Å². The molecule has 6 rings (SSSR count). The predicted molar refractivity (Wildman–Crippen MR) is 179 cm³/mol. The van der Waals surface area contributed by atoms with E-state index in [1.807, 2.05) is 43.6 Å². The molecule has 4 aromatic heterocycles. The number of nitrogens with zero attached hydrogens (tertiary/aromatic N) is 8. The number of fused-ring (bicyclic) bond motifs is 2. The van der Waals surface area contributed by atoms with E-state index < -0.39 is 5.97 Å². The van der Waals surface area contributed by atoms with Gasteiger partial charge in [0.2, 0.25) is 0 Å². The maximum atomic E-state index is 12.3. The van der Waals surface area contributed by atoms with Crippen molar-refractivity contribution in [1.82, 2.24) is 29.2 Å². The van der Waals surface area contributed by atoms with Gasteiger partial charge in [-0.05, 0) is 71.1 Å². The van der Waals surface area contributed by atoms with Crippen LogP contribution in [-0.4, -0.2) is 79.0 Å². The van der Waals surface area contributed by atoms with Crippen LogP contribution in [0.5, 0.6) is 0 Å². The molecule has 0 spiro atoms. The first-order chi connectivity index (χ1) is 22.0. The smallest absolute Gasteiger partial charge is 0.340 e. The summed E-state index contributed by atoms with van der Waals surface area (Å²) in [6.07, 6.45) is 10.4. The number of carboxylic acids is 1. The van der Waals surface area contributed by atoms with E-state index in [1.54, 1.807) is 6.20 Å². The molecule has 0 saturated carbocycles. The molecule has 1 N–H and O–H groups in total. The molecule has 12 nitrogen and oxygen atoms in total. The quantitative estimate of drug-likeness (QED) is 0.236. The van der Waals surface area contributed by atoms with Gasteiger partial charge in [0.1, 0.15) is 0 Å². The average molecular weight is 633 g/mol. The molecule has 248 valence electrons. The van der Waals surface area contributed by atoms with Crippen molar-refractivity contribution in [3.05, 3.63) is 46.0 Å². The average Bonchev–Trinajstić information content (AvgIpc) is 3.55. The van der Waals surface area contributed by atoms with Crippen molar-refractivity contribution in [3.63, 3.8) is 0 Å². The monoisotopic (exact) mass is 632 g/mol. The van der Waals surface area contributed by atoms with Gasteiger partial charge in [-0.25, -0.2) is 19.6 Å². The van der Waals surface area contributed by atoms with E-state index in [-0.39, 0.29) is 23.4 Å². The summed E-state index contributed by atoms with van der Waals surface area (Å²) in [7, 11) is 0. The normalized spacial score (nSPS) is 15.5. The fourth-order valence-electron chi connectivity index (χ4n) is 6.82. The highest BCUT2D eigenvalue weighted by molar-refractivity contribution is 5.93. The van der Waals surface area contributed by atoms with Gasteiger partial charge in [-0.3, -0.25) is 0 Å². The number of hydrogen-bond donors (Lipinski definition) is 1. The minimum Gasteiger partial charge on any atom is -0.478 e. The van der Waals surface area contributed by atoms with Crippen LogP contribution in [0.15, 0.2) is 12.4 Å². The number of aromatic nitrogens is 6. The summed E-state index contributed by atoms with van der Waals surface area (Å²) in [6.45, 7) is 18.4. The number of aromatic carboxylic acids is 1. The van der Waals surface area contributed by atoms with Crippen LogP contribution in [0.2, 0.25) is 0 Å². The number of rotatable bonds is 7. The third-order valence-electron chi connectivity index (χ3n) is 8.86. The number of aryl methyl sites for hydroxylation is 2. The number of carbonyl (C=O) groups is 2. The van der Waals surface area contributed by atoms with Crippen LogP contribution in [0.4, 0.5) is 11.6 Å². The Labute approximate surface area is 270 Å². The maximum absolute atomic E-state index is 12.3. The highest BCUT2D eigenvalue weighted by atomic mass is 16.5. The van der Waals surface area contributed by atoms with Gasteiger partial charge in [0.15, 0.2) is 22.9 Å². The van der Waals surface area contributed by atoms with E-state index in [4.69, 9.17) is 9.72 Å². The lowest BCUT2D eigenvalue weighted by Crippen LogP contribution is -2.31. The zero-order valence-electron chi connectivity index (χ0n) is 28.3. The van der Waals surface area contributed by atoms with Gasteiger partial charge in [-0.1, -0.05) is 27.7 Å². The Balaban J connectivity index is 0.000000182. The summed E-state index contributed by atoms with van der Waals surface area (Å²) >= 11 is 0. The molecular weight excluding hydrogens is 584 g/mol. The van der Waals surface area contributed by atoms with Crippen LogP contribution in [0, 0.1) is 13.8 Å². The summed E-state index contributed by atoms with van der Waals surface area (Å²) < 4.78 is 8.92. The molecule has 0 amide bonds.